The smallest absolute Gasteiger partial charge is 0.319 e. The van der Waals surface area contributed by atoms with E-state index in [1.807, 2.05) is 31.2 Å². The maximum Gasteiger partial charge on any atom is 0.319 e. The van der Waals surface area contributed by atoms with Gasteiger partial charge < -0.3 is 16.0 Å². The van der Waals surface area contributed by atoms with Crippen molar-refractivity contribution in [3.63, 3.8) is 0 Å². The van der Waals surface area contributed by atoms with E-state index in [9.17, 15) is 18.4 Å². The SMILES string of the molecule is CC1=C(C(=O)Nc2ccc(F)c(F)c2)C(c2ccccc2C)NC(=O)N1. The number of carbonyl (C=O) groups excluding carboxylic acids is 2. The molecule has 0 spiro atoms. The van der Waals surface area contributed by atoms with Crippen molar-refractivity contribution in [1.82, 2.24) is 10.6 Å². The molecule has 0 fully saturated rings. The number of carbonyl (C=O) groups is 2. The van der Waals surface area contributed by atoms with E-state index < -0.39 is 29.6 Å². The number of halogens is 2. The van der Waals surface area contributed by atoms with Crippen LogP contribution in [0.5, 0.6) is 0 Å². The van der Waals surface area contributed by atoms with Gasteiger partial charge in [-0.25, -0.2) is 13.6 Å². The Balaban J connectivity index is 1.97. The zero-order valence-corrected chi connectivity index (χ0v) is 14.2. The van der Waals surface area contributed by atoms with E-state index in [1.54, 1.807) is 6.92 Å². The molecule has 1 unspecified atom stereocenters. The van der Waals surface area contributed by atoms with Gasteiger partial charge in [-0.3, -0.25) is 4.79 Å². The van der Waals surface area contributed by atoms with Gasteiger partial charge in [0.05, 0.1) is 11.6 Å². The normalized spacial score (nSPS) is 16.8. The molecule has 0 saturated heterocycles. The van der Waals surface area contributed by atoms with Crippen LogP contribution in [0.25, 0.3) is 0 Å². The summed E-state index contributed by atoms with van der Waals surface area (Å²) >= 11 is 0. The Morgan fingerprint density at radius 1 is 1.08 bits per heavy atom. The Hall–Kier alpha value is -3.22. The van der Waals surface area contributed by atoms with Gasteiger partial charge in [0.1, 0.15) is 0 Å². The van der Waals surface area contributed by atoms with Gasteiger partial charge in [-0.1, -0.05) is 24.3 Å². The van der Waals surface area contributed by atoms with Gasteiger partial charge in [-0.2, -0.15) is 0 Å². The number of amides is 3. The average molecular weight is 357 g/mol. The maximum atomic E-state index is 13.4. The minimum absolute atomic E-state index is 0.120. The second-order valence-electron chi connectivity index (χ2n) is 6.01. The van der Waals surface area contributed by atoms with E-state index in [-0.39, 0.29) is 5.69 Å². The quantitative estimate of drug-likeness (QED) is 0.786. The molecule has 7 heteroatoms. The first kappa shape index (κ1) is 17.6. The van der Waals surface area contributed by atoms with Crippen LogP contribution in [-0.4, -0.2) is 11.9 Å². The summed E-state index contributed by atoms with van der Waals surface area (Å²) in [5, 5.41) is 7.86. The molecule has 134 valence electrons. The zero-order valence-electron chi connectivity index (χ0n) is 14.2. The second-order valence-corrected chi connectivity index (χ2v) is 6.01. The molecule has 3 amide bonds. The number of aryl methyl sites for hydroxylation is 1. The van der Waals surface area contributed by atoms with E-state index in [0.29, 0.717) is 11.3 Å². The van der Waals surface area contributed by atoms with Gasteiger partial charge in [-0.05, 0) is 37.1 Å². The molecule has 0 aromatic heterocycles. The standard InChI is InChI=1S/C19H17F2N3O2/c1-10-5-3-4-6-13(10)17-16(11(2)22-19(26)24-17)18(25)23-12-7-8-14(20)15(21)9-12/h3-9,17H,1-2H3,(H,23,25)(H2,22,24,26). The number of nitrogens with one attached hydrogen (secondary N) is 3. The van der Waals surface area contributed by atoms with E-state index in [2.05, 4.69) is 16.0 Å². The number of urea groups is 1. The predicted molar refractivity (Wildman–Crippen MR) is 93.3 cm³/mol. The topological polar surface area (TPSA) is 70.2 Å². The number of hydrogen-bond acceptors (Lipinski definition) is 2. The van der Waals surface area contributed by atoms with Crippen molar-refractivity contribution >= 4 is 17.6 Å². The first-order chi connectivity index (χ1) is 12.4. The van der Waals surface area contributed by atoms with Crippen molar-refractivity contribution in [1.29, 1.82) is 0 Å². The Kier molecular flexibility index (Phi) is 4.71. The third-order valence-electron chi connectivity index (χ3n) is 4.19. The van der Waals surface area contributed by atoms with Gasteiger partial charge in [0, 0.05) is 17.5 Å². The fourth-order valence-corrected chi connectivity index (χ4v) is 2.91. The third kappa shape index (κ3) is 3.42. The van der Waals surface area contributed by atoms with Crippen molar-refractivity contribution in [2.24, 2.45) is 0 Å². The first-order valence-electron chi connectivity index (χ1n) is 7.97. The highest BCUT2D eigenvalue weighted by Gasteiger charge is 2.32. The summed E-state index contributed by atoms with van der Waals surface area (Å²) in [6.45, 7) is 3.49. The molecule has 1 heterocycles. The Morgan fingerprint density at radius 3 is 2.50 bits per heavy atom. The molecular weight excluding hydrogens is 340 g/mol. The van der Waals surface area contributed by atoms with Crippen LogP contribution >= 0.6 is 0 Å². The van der Waals surface area contributed by atoms with Gasteiger partial charge >= 0.3 is 6.03 Å². The summed E-state index contributed by atoms with van der Waals surface area (Å²) in [5.74, 6) is -2.57. The summed E-state index contributed by atoms with van der Waals surface area (Å²) in [7, 11) is 0. The number of anilines is 1. The Labute approximate surface area is 149 Å². The molecule has 1 atom stereocenters. The average Bonchev–Trinajstić information content (AvgIpc) is 2.57. The summed E-state index contributed by atoms with van der Waals surface area (Å²) < 4.78 is 26.5. The second kappa shape index (κ2) is 6.95. The van der Waals surface area contributed by atoms with Crippen LogP contribution in [0.4, 0.5) is 19.3 Å². The molecule has 3 N–H and O–H groups in total. The number of rotatable bonds is 3. The largest absolute Gasteiger partial charge is 0.327 e. The highest BCUT2D eigenvalue weighted by Crippen LogP contribution is 2.29. The molecule has 0 aliphatic carbocycles. The molecule has 1 aliphatic heterocycles. The fourth-order valence-electron chi connectivity index (χ4n) is 2.91. The summed E-state index contributed by atoms with van der Waals surface area (Å²) in [5.41, 5.74) is 2.49. The minimum atomic E-state index is -1.06. The van der Waals surface area contributed by atoms with Crippen molar-refractivity contribution in [2.45, 2.75) is 19.9 Å². The van der Waals surface area contributed by atoms with Gasteiger partial charge in [0.2, 0.25) is 0 Å². The highest BCUT2D eigenvalue weighted by molar-refractivity contribution is 6.06. The van der Waals surface area contributed by atoms with E-state index >= 15 is 0 Å². The Bertz CT molecular complexity index is 925. The first-order valence-corrected chi connectivity index (χ1v) is 7.97. The monoisotopic (exact) mass is 357 g/mol. The van der Waals surface area contributed by atoms with Crippen molar-refractivity contribution in [3.8, 4) is 0 Å². The molecular formula is C19H17F2N3O2. The van der Waals surface area contributed by atoms with Crippen LogP contribution in [0.1, 0.15) is 24.1 Å². The van der Waals surface area contributed by atoms with Crippen molar-refractivity contribution in [3.05, 3.63) is 76.5 Å². The Morgan fingerprint density at radius 2 is 1.81 bits per heavy atom. The van der Waals surface area contributed by atoms with Gasteiger partial charge in [-0.15, -0.1) is 0 Å². The molecule has 0 bridgehead atoms. The van der Waals surface area contributed by atoms with Crippen LogP contribution in [0, 0.1) is 18.6 Å². The zero-order chi connectivity index (χ0) is 18.8. The van der Waals surface area contributed by atoms with Crippen LogP contribution < -0.4 is 16.0 Å². The van der Waals surface area contributed by atoms with E-state index in [1.165, 1.54) is 6.07 Å². The molecule has 0 saturated carbocycles. The molecule has 5 nitrogen and oxygen atoms in total. The van der Waals surface area contributed by atoms with Crippen LogP contribution in [-0.2, 0) is 4.79 Å². The van der Waals surface area contributed by atoms with Crippen molar-refractivity contribution in [2.75, 3.05) is 5.32 Å². The maximum absolute atomic E-state index is 13.4. The van der Waals surface area contributed by atoms with Gasteiger partial charge in [0.15, 0.2) is 11.6 Å². The number of hydrogen-bond donors (Lipinski definition) is 3. The lowest BCUT2D eigenvalue weighted by Crippen LogP contribution is -2.46. The summed E-state index contributed by atoms with van der Waals surface area (Å²) in [6, 6.07) is 9.41. The third-order valence-corrected chi connectivity index (χ3v) is 4.19. The van der Waals surface area contributed by atoms with Crippen molar-refractivity contribution < 1.29 is 18.4 Å². The number of benzene rings is 2. The molecule has 0 radical (unpaired) electrons. The number of allylic oxidation sites excluding steroid dienone is 1. The van der Waals surface area contributed by atoms with Gasteiger partial charge in [0.25, 0.3) is 5.91 Å². The highest BCUT2D eigenvalue weighted by atomic mass is 19.2. The fraction of sp³-hybridized carbons (Fsp3) is 0.158. The van der Waals surface area contributed by atoms with E-state index in [4.69, 9.17) is 0 Å². The lowest BCUT2D eigenvalue weighted by atomic mass is 9.92. The van der Waals surface area contributed by atoms with Crippen LogP contribution in [0.15, 0.2) is 53.7 Å². The molecule has 3 rings (SSSR count). The van der Waals surface area contributed by atoms with E-state index in [0.717, 1.165) is 23.3 Å². The summed E-state index contributed by atoms with van der Waals surface area (Å²) in [6.07, 6.45) is 0. The molecule has 2 aromatic carbocycles. The molecule has 26 heavy (non-hydrogen) atoms. The lowest BCUT2D eigenvalue weighted by Gasteiger charge is -2.29. The predicted octanol–water partition coefficient (Wildman–Crippen LogP) is 3.54. The summed E-state index contributed by atoms with van der Waals surface area (Å²) in [4.78, 5) is 24.7. The van der Waals surface area contributed by atoms with Crippen LogP contribution in [0.2, 0.25) is 0 Å². The minimum Gasteiger partial charge on any atom is -0.327 e. The molecule has 2 aromatic rings. The lowest BCUT2D eigenvalue weighted by molar-refractivity contribution is -0.113. The van der Waals surface area contributed by atoms with Crippen LogP contribution in [0.3, 0.4) is 0 Å². The molecule has 1 aliphatic rings.